The summed E-state index contributed by atoms with van der Waals surface area (Å²) >= 11 is 7.80. The number of carbonyl (C=O) groups excluding carboxylic acids is 5. The lowest BCUT2D eigenvalue weighted by Crippen LogP contribution is -2.36. The zero-order valence-corrected chi connectivity index (χ0v) is 44.0. The number of hydrogen-bond acceptors (Lipinski definition) is 15. The van der Waals surface area contributed by atoms with Crippen molar-refractivity contribution in [1.29, 1.82) is 0 Å². The van der Waals surface area contributed by atoms with Gasteiger partial charge in [-0.1, -0.05) is 24.1 Å². The fourth-order valence-electron chi connectivity index (χ4n) is 7.88. The number of benzene rings is 2. The van der Waals surface area contributed by atoms with Gasteiger partial charge in [0.15, 0.2) is 0 Å². The zero-order chi connectivity index (χ0) is 52.8. The first kappa shape index (κ1) is 59.1. The third-order valence-electron chi connectivity index (χ3n) is 11.8. The van der Waals surface area contributed by atoms with Crippen molar-refractivity contribution < 1.29 is 47.3 Å². The van der Waals surface area contributed by atoms with Crippen LogP contribution in [-0.2, 0) is 33.4 Å². The summed E-state index contributed by atoms with van der Waals surface area (Å²) in [5, 5.41) is 24.2. The van der Waals surface area contributed by atoms with Crippen molar-refractivity contribution in [3.8, 4) is 5.75 Å². The molecule has 3 aromatic rings. The smallest absolute Gasteiger partial charge is 0.315 e. The molecular formula is C51H73ClFN11O9S. The SMILES string of the molecule is COc1ccc(NC(=O)/C=C/CN(C)CCCCNC(=O)CCCC(=O)NCCCOCCOCCOCCCNC(=O)CCCCC2SCC3NC(=O)NC32)cc1Nc1cc(Nc2ccc(F)c(Cl)c2)ncn1. The number of anilines is 5. The molecule has 23 heteroatoms. The maximum atomic E-state index is 13.6. The molecule has 2 aliphatic heterocycles. The molecule has 0 aliphatic carbocycles. The highest BCUT2D eigenvalue weighted by molar-refractivity contribution is 8.00. The first-order valence-electron chi connectivity index (χ1n) is 25.3. The number of urea groups is 1. The van der Waals surface area contributed by atoms with E-state index in [1.54, 1.807) is 36.4 Å². The third-order valence-corrected chi connectivity index (χ3v) is 13.6. The number of unbranched alkanes of at least 4 members (excludes halogenated alkanes) is 2. The van der Waals surface area contributed by atoms with Crippen molar-refractivity contribution in [2.75, 3.05) is 108 Å². The van der Waals surface area contributed by atoms with E-state index in [1.807, 2.05) is 18.8 Å². The Balaban J connectivity index is 0.771. The molecular weight excluding hydrogens is 997 g/mol. The Morgan fingerprint density at radius 2 is 1.41 bits per heavy atom. The van der Waals surface area contributed by atoms with E-state index in [1.165, 1.54) is 31.6 Å². The van der Waals surface area contributed by atoms with Crippen molar-refractivity contribution in [3.05, 3.63) is 71.8 Å². The van der Waals surface area contributed by atoms with Gasteiger partial charge >= 0.3 is 6.03 Å². The van der Waals surface area contributed by atoms with Crippen molar-refractivity contribution in [2.24, 2.45) is 0 Å². The summed E-state index contributed by atoms with van der Waals surface area (Å²) in [6, 6.07) is 11.5. The molecule has 3 atom stereocenters. The molecule has 3 heterocycles. The predicted octanol–water partition coefficient (Wildman–Crippen LogP) is 6.05. The molecule has 2 fully saturated rings. The number of ether oxygens (including phenoxy) is 4. The fraction of sp³-hybridized carbons (Fsp3) is 0.549. The van der Waals surface area contributed by atoms with E-state index in [4.69, 9.17) is 30.5 Å². The van der Waals surface area contributed by atoms with E-state index in [9.17, 15) is 28.4 Å². The van der Waals surface area contributed by atoms with Crippen molar-refractivity contribution in [1.82, 2.24) is 41.5 Å². The van der Waals surface area contributed by atoms with Gasteiger partial charge in [-0.05, 0) is 94.9 Å². The van der Waals surface area contributed by atoms with E-state index in [2.05, 4.69) is 57.4 Å². The second kappa shape index (κ2) is 33.9. The highest BCUT2D eigenvalue weighted by Crippen LogP contribution is 2.34. The van der Waals surface area contributed by atoms with Gasteiger partial charge < -0.3 is 66.4 Å². The molecule has 20 nitrogen and oxygen atoms in total. The van der Waals surface area contributed by atoms with Gasteiger partial charge in [0.2, 0.25) is 23.6 Å². The highest BCUT2D eigenvalue weighted by atomic mass is 35.5. The summed E-state index contributed by atoms with van der Waals surface area (Å²) < 4.78 is 35.8. The van der Waals surface area contributed by atoms with Gasteiger partial charge in [-0.2, -0.15) is 11.8 Å². The van der Waals surface area contributed by atoms with E-state index >= 15 is 0 Å². The molecule has 0 spiro atoms. The summed E-state index contributed by atoms with van der Waals surface area (Å²) in [6.07, 6.45) is 12.0. The largest absolute Gasteiger partial charge is 0.495 e. The monoisotopic (exact) mass is 1070 g/mol. The second-order valence-electron chi connectivity index (χ2n) is 17.8. The number of amides is 6. The van der Waals surface area contributed by atoms with Gasteiger partial charge in [0.1, 0.15) is 29.5 Å². The zero-order valence-electron chi connectivity index (χ0n) is 42.4. The summed E-state index contributed by atoms with van der Waals surface area (Å²) in [6.45, 7) is 5.80. The highest BCUT2D eigenvalue weighted by Gasteiger charge is 2.42. The Bertz CT molecular complexity index is 2270. The predicted molar refractivity (Wildman–Crippen MR) is 286 cm³/mol. The van der Waals surface area contributed by atoms with Crippen LogP contribution in [0.3, 0.4) is 0 Å². The maximum absolute atomic E-state index is 13.6. The van der Waals surface area contributed by atoms with E-state index in [-0.39, 0.29) is 59.6 Å². The van der Waals surface area contributed by atoms with Gasteiger partial charge in [0.05, 0.1) is 56.3 Å². The lowest BCUT2D eigenvalue weighted by atomic mass is 10.0. The Morgan fingerprint density at radius 3 is 2.08 bits per heavy atom. The first-order chi connectivity index (χ1) is 35.9. The molecule has 74 heavy (non-hydrogen) atoms. The van der Waals surface area contributed by atoms with Crippen LogP contribution in [0.4, 0.5) is 37.9 Å². The quantitative estimate of drug-likeness (QED) is 0.0186. The molecule has 0 saturated carbocycles. The lowest BCUT2D eigenvalue weighted by Gasteiger charge is -2.16. The number of aromatic nitrogens is 2. The van der Waals surface area contributed by atoms with Crippen LogP contribution in [0.5, 0.6) is 5.75 Å². The Kier molecular flexibility index (Phi) is 27.1. The number of methoxy groups -OCH3 is 1. The van der Waals surface area contributed by atoms with Crippen LogP contribution < -0.4 is 47.3 Å². The van der Waals surface area contributed by atoms with Crippen LogP contribution >= 0.6 is 23.4 Å². The number of hydrogen-bond donors (Lipinski definition) is 8. The van der Waals surface area contributed by atoms with Crippen molar-refractivity contribution in [3.63, 3.8) is 0 Å². The lowest BCUT2D eigenvalue weighted by molar-refractivity contribution is -0.123. The maximum Gasteiger partial charge on any atom is 0.315 e. The molecule has 2 aromatic carbocycles. The van der Waals surface area contributed by atoms with Crippen molar-refractivity contribution >= 4 is 81.7 Å². The van der Waals surface area contributed by atoms with Crippen LogP contribution in [0.1, 0.15) is 70.6 Å². The number of nitrogens with zero attached hydrogens (tertiary/aromatic N) is 3. The van der Waals surface area contributed by atoms with Gasteiger partial charge in [0.25, 0.3) is 0 Å². The van der Waals surface area contributed by atoms with E-state index in [0.29, 0.717) is 125 Å². The second-order valence-corrected chi connectivity index (χ2v) is 19.4. The van der Waals surface area contributed by atoms with Crippen LogP contribution in [0.25, 0.3) is 0 Å². The Morgan fingerprint density at radius 1 is 0.770 bits per heavy atom. The molecule has 406 valence electrons. The van der Waals surface area contributed by atoms with Gasteiger partial charge in [-0.15, -0.1) is 0 Å². The number of halogens is 2. The topological polar surface area (TPSA) is 248 Å². The minimum Gasteiger partial charge on any atom is -0.495 e. The summed E-state index contributed by atoms with van der Waals surface area (Å²) in [5.41, 5.74) is 1.65. The molecule has 0 bridgehead atoms. The number of thioether (sulfide) groups is 1. The van der Waals surface area contributed by atoms with Crippen molar-refractivity contribution in [2.45, 2.75) is 88.0 Å². The minimum atomic E-state index is -0.522. The first-order valence-corrected chi connectivity index (χ1v) is 26.8. The average molecular weight is 1070 g/mol. The molecule has 8 N–H and O–H groups in total. The average Bonchev–Trinajstić information content (AvgIpc) is 3.94. The Labute approximate surface area is 442 Å². The van der Waals surface area contributed by atoms with E-state index in [0.717, 1.165) is 50.8 Å². The number of rotatable bonds is 37. The third kappa shape index (κ3) is 23.2. The molecule has 1 aromatic heterocycles. The van der Waals surface area contributed by atoms with E-state index < -0.39 is 5.82 Å². The minimum absolute atomic E-state index is 0.0165. The molecule has 3 unspecified atom stereocenters. The van der Waals surface area contributed by atoms with Gasteiger partial charge in [0, 0.05) is 93.2 Å². The molecule has 2 saturated heterocycles. The summed E-state index contributed by atoms with van der Waals surface area (Å²) in [5.74, 6) is 1.43. The molecule has 0 radical (unpaired) electrons. The standard InChI is InChI=1S/C51H73ClFN11O9S/c1-64(24-8-15-49(68)60-37-17-19-42(70-2)40(32-37)61-45-33-44(57-35-58-45)59-36-16-18-39(53)38(52)31-36)23-6-5-20-54-47(66)13-7-14-48(67)56-22-10-26-72-28-30-73-29-27-71-25-9-21-55-46(65)12-4-3-11-43-50-41(34-74-43)62-51(69)63-50/h8,15-19,31-33,35,41,43,50H,3-7,9-14,20-30,34H2,1-2H3,(H,54,66)(H,55,65)(H,56,67)(H,60,68)(H2,62,63,69)(H2,57,58,59,61)/b15-8+. The molecule has 5 rings (SSSR count). The number of fused-ring (bicyclic) bond motifs is 1. The van der Waals surface area contributed by atoms with Crippen LogP contribution in [-0.4, -0.2) is 154 Å². The number of likely N-dealkylation sites (N-methyl/N-ethyl adjacent to an activating group) is 1. The summed E-state index contributed by atoms with van der Waals surface area (Å²) in [7, 11) is 3.49. The number of carbonyl (C=O) groups is 5. The fourth-order valence-corrected chi connectivity index (χ4v) is 9.61. The normalized spacial score (nSPS) is 15.9. The van der Waals surface area contributed by atoms with Crippen LogP contribution in [0.2, 0.25) is 5.02 Å². The molecule has 2 aliphatic rings. The molecule has 6 amide bonds. The summed E-state index contributed by atoms with van der Waals surface area (Å²) in [4.78, 5) is 71.5. The van der Waals surface area contributed by atoms with Crippen LogP contribution in [0, 0.1) is 5.82 Å². The van der Waals surface area contributed by atoms with Gasteiger partial charge in [-0.3, -0.25) is 19.2 Å². The van der Waals surface area contributed by atoms with Gasteiger partial charge in [-0.25, -0.2) is 19.2 Å². The number of nitrogens with one attached hydrogen (secondary N) is 8. The van der Waals surface area contributed by atoms with Crippen LogP contribution in [0.15, 0.2) is 60.9 Å². The Hall–Kier alpha value is -5.78.